The largest absolute Gasteiger partial charge is 0.480 e. The van der Waals surface area contributed by atoms with Gasteiger partial charge in [-0.05, 0) is 12.8 Å². The number of carbonyl (C=O) groups is 3. The second-order valence-electron chi connectivity index (χ2n) is 12.1. The number of aliphatic hydroxyl groups excluding tert-OH is 1. The van der Waals surface area contributed by atoms with E-state index < -0.39 is 57.6 Å². The fraction of sp³-hybridized carbons (Fsp3) is 0.909. The van der Waals surface area contributed by atoms with Gasteiger partial charge in [0.1, 0.15) is 12.7 Å². The Bertz CT molecular complexity index is 797. The van der Waals surface area contributed by atoms with Gasteiger partial charge in [-0.2, -0.15) is 0 Å². The lowest BCUT2D eigenvalue weighted by molar-refractivity contribution is -0.147. The van der Waals surface area contributed by atoms with Gasteiger partial charge in [-0.3, -0.25) is 18.6 Å². The first kappa shape index (κ1) is 43.5. The smallest absolute Gasteiger partial charge is 0.472 e. The van der Waals surface area contributed by atoms with Gasteiger partial charge < -0.3 is 25.2 Å². The fourth-order valence-corrected chi connectivity index (χ4v) is 5.62. The molecule has 4 N–H and O–H groups in total. The summed E-state index contributed by atoms with van der Waals surface area (Å²) in [5.41, 5.74) is 0. The van der Waals surface area contributed by atoms with Crippen molar-refractivity contribution < 1.29 is 47.8 Å². The number of amides is 1. The minimum absolute atomic E-state index is 0.151. The van der Waals surface area contributed by atoms with E-state index in [0.29, 0.717) is 12.8 Å². The molecule has 0 bridgehead atoms. The Morgan fingerprint density at radius 3 is 1.47 bits per heavy atom. The predicted octanol–water partition coefficient (Wildman–Crippen LogP) is 7.61. The summed E-state index contributed by atoms with van der Waals surface area (Å²) in [6, 6.07) is -1.54. The fourth-order valence-electron chi connectivity index (χ4n) is 4.84. The van der Waals surface area contributed by atoms with Crippen molar-refractivity contribution >= 4 is 25.7 Å². The molecule has 0 saturated heterocycles. The van der Waals surface area contributed by atoms with Gasteiger partial charge in [-0.25, -0.2) is 9.36 Å². The second kappa shape index (κ2) is 29.9. The maximum absolute atomic E-state index is 12.2. The topological polar surface area (TPSA) is 169 Å². The molecule has 11 nitrogen and oxygen atoms in total. The molecule has 0 radical (unpaired) electrons. The van der Waals surface area contributed by atoms with Crippen molar-refractivity contribution in [3.8, 4) is 0 Å². The van der Waals surface area contributed by atoms with Crippen LogP contribution in [0.3, 0.4) is 0 Å². The lowest BCUT2D eigenvalue weighted by Crippen LogP contribution is -2.43. The van der Waals surface area contributed by atoms with E-state index in [0.717, 1.165) is 38.5 Å². The van der Waals surface area contributed by atoms with E-state index in [-0.39, 0.29) is 12.8 Å². The van der Waals surface area contributed by atoms with E-state index in [1.54, 1.807) is 0 Å². The van der Waals surface area contributed by atoms with Crippen molar-refractivity contribution in [2.24, 2.45) is 0 Å². The molecule has 0 saturated carbocycles. The number of aliphatic carboxylic acids is 1. The number of unbranched alkanes of at least 4 members (excludes halogenated alkanes) is 19. The average Bonchev–Trinajstić information content (AvgIpc) is 3.00. The van der Waals surface area contributed by atoms with Crippen molar-refractivity contribution in [3.63, 3.8) is 0 Å². The number of hydrogen-bond donors (Lipinski definition) is 4. The third kappa shape index (κ3) is 29.6. The number of phosphoric ester groups is 1. The molecule has 3 atom stereocenters. The highest BCUT2D eigenvalue weighted by atomic mass is 31.2. The van der Waals surface area contributed by atoms with Crippen LogP contribution in [0.1, 0.15) is 162 Å². The summed E-state index contributed by atoms with van der Waals surface area (Å²) in [5.74, 6) is -2.37. The van der Waals surface area contributed by atoms with Crippen LogP contribution in [-0.4, -0.2) is 64.9 Å². The van der Waals surface area contributed by atoms with Crippen LogP contribution in [0.5, 0.6) is 0 Å². The zero-order chi connectivity index (χ0) is 33.6. The van der Waals surface area contributed by atoms with E-state index in [1.165, 1.54) is 83.5 Å². The summed E-state index contributed by atoms with van der Waals surface area (Å²) in [6.07, 6.45) is 22.9. The normalized spacial score (nSPS) is 14.0. The molecule has 0 aromatic carbocycles. The highest BCUT2D eigenvalue weighted by Gasteiger charge is 2.28. The van der Waals surface area contributed by atoms with Crippen molar-refractivity contribution in [1.82, 2.24) is 5.32 Å². The summed E-state index contributed by atoms with van der Waals surface area (Å²) in [6.45, 7) is 2.53. The number of carboxylic acid groups (broad SMARTS) is 1. The summed E-state index contributed by atoms with van der Waals surface area (Å²) >= 11 is 0. The maximum Gasteiger partial charge on any atom is 0.472 e. The number of aliphatic hydroxyl groups is 1. The Kier molecular flexibility index (Phi) is 28.8. The number of carbonyl (C=O) groups excluding carboxylic acids is 2. The SMILES string of the molecule is CCCCCCCCCCCCCC(=O)OCC(O)COP(=O)(O)OCC(NC(=O)CCCCCCCCCCCC)C(=O)O. The molecule has 1 amide bonds. The molecular weight excluding hydrogens is 601 g/mol. The van der Waals surface area contributed by atoms with Crippen molar-refractivity contribution in [2.75, 3.05) is 19.8 Å². The molecule has 0 heterocycles. The molecule has 45 heavy (non-hydrogen) atoms. The van der Waals surface area contributed by atoms with Gasteiger partial charge >= 0.3 is 19.8 Å². The van der Waals surface area contributed by atoms with Crippen molar-refractivity contribution in [2.45, 2.75) is 174 Å². The average molecular weight is 666 g/mol. The zero-order valence-corrected chi connectivity index (χ0v) is 29.1. The van der Waals surface area contributed by atoms with Gasteiger partial charge in [0, 0.05) is 12.8 Å². The molecule has 0 aliphatic rings. The van der Waals surface area contributed by atoms with E-state index in [9.17, 15) is 34.1 Å². The number of rotatable bonds is 33. The number of ether oxygens (including phenoxy) is 1. The Hall–Kier alpha value is -1.52. The van der Waals surface area contributed by atoms with Gasteiger partial charge in [0.15, 0.2) is 6.04 Å². The maximum atomic E-state index is 12.2. The van der Waals surface area contributed by atoms with Gasteiger partial charge in [0.25, 0.3) is 0 Å². The van der Waals surface area contributed by atoms with Crippen LogP contribution >= 0.6 is 7.82 Å². The zero-order valence-electron chi connectivity index (χ0n) is 28.2. The van der Waals surface area contributed by atoms with Crippen LogP contribution < -0.4 is 5.32 Å². The second-order valence-corrected chi connectivity index (χ2v) is 13.5. The first-order chi connectivity index (χ1) is 21.6. The number of nitrogens with one attached hydrogen (secondary N) is 1. The number of carboxylic acids is 1. The molecule has 0 aliphatic carbocycles. The summed E-state index contributed by atoms with van der Waals surface area (Å²) < 4.78 is 26.6. The van der Waals surface area contributed by atoms with Crippen molar-refractivity contribution in [1.29, 1.82) is 0 Å². The van der Waals surface area contributed by atoms with Crippen LogP contribution in [0.2, 0.25) is 0 Å². The standard InChI is InChI=1S/C33H64NO10P/c1-3-5-7-9-11-13-15-17-19-21-23-25-32(37)42-26-29(35)27-43-45(40,41)44-28-30(33(38)39)34-31(36)24-22-20-18-16-14-12-10-8-6-4-2/h29-30,35H,3-28H2,1-2H3,(H,34,36)(H,38,39)(H,40,41). The van der Waals surface area contributed by atoms with Gasteiger partial charge in [0.2, 0.25) is 5.91 Å². The monoisotopic (exact) mass is 665 g/mol. The number of esters is 1. The molecule has 0 aliphatic heterocycles. The molecule has 12 heteroatoms. The van der Waals surface area contributed by atoms with E-state index in [2.05, 4.69) is 19.2 Å². The lowest BCUT2D eigenvalue weighted by atomic mass is 10.1. The summed E-state index contributed by atoms with van der Waals surface area (Å²) in [7, 11) is -4.73. The van der Waals surface area contributed by atoms with Crippen LogP contribution in [0.25, 0.3) is 0 Å². The molecule has 0 aromatic heterocycles. The molecule has 0 rings (SSSR count). The van der Waals surface area contributed by atoms with Gasteiger partial charge in [0.05, 0.1) is 13.2 Å². The van der Waals surface area contributed by atoms with Gasteiger partial charge in [-0.1, -0.05) is 136 Å². The molecule has 266 valence electrons. The Morgan fingerprint density at radius 2 is 1.02 bits per heavy atom. The predicted molar refractivity (Wildman–Crippen MR) is 176 cm³/mol. The van der Waals surface area contributed by atoms with Crippen LogP contribution in [0.15, 0.2) is 0 Å². The first-order valence-corrected chi connectivity index (χ1v) is 19.1. The van der Waals surface area contributed by atoms with Crippen LogP contribution in [-0.2, 0) is 32.7 Å². The first-order valence-electron chi connectivity index (χ1n) is 17.6. The number of hydrogen-bond acceptors (Lipinski definition) is 8. The van der Waals surface area contributed by atoms with Gasteiger partial charge in [-0.15, -0.1) is 0 Å². The lowest BCUT2D eigenvalue weighted by Gasteiger charge is -2.18. The molecule has 0 fully saturated rings. The van der Waals surface area contributed by atoms with Crippen LogP contribution in [0.4, 0.5) is 0 Å². The highest BCUT2D eigenvalue weighted by Crippen LogP contribution is 2.43. The minimum Gasteiger partial charge on any atom is -0.480 e. The molecular formula is C33H64NO10P. The third-order valence-electron chi connectivity index (χ3n) is 7.65. The molecule has 3 unspecified atom stereocenters. The van der Waals surface area contributed by atoms with Crippen LogP contribution in [0, 0.1) is 0 Å². The Balaban J connectivity index is 3.99. The summed E-state index contributed by atoms with van der Waals surface area (Å²) in [4.78, 5) is 45.5. The highest BCUT2D eigenvalue weighted by molar-refractivity contribution is 7.47. The Morgan fingerprint density at radius 1 is 0.622 bits per heavy atom. The minimum atomic E-state index is -4.73. The summed E-state index contributed by atoms with van der Waals surface area (Å²) in [5, 5.41) is 21.6. The van der Waals surface area contributed by atoms with Crippen molar-refractivity contribution in [3.05, 3.63) is 0 Å². The van der Waals surface area contributed by atoms with E-state index in [4.69, 9.17) is 13.8 Å². The molecule has 0 spiro atoms. The quantitative estimate of drug-likeness (QED) is 0.0311. The Labute approximate surface area is 272 Å². The molecule has 0 aromatic rings. The number of phosphoric acid groups is 1. The van der Waals surface area contributed by atoms with E-state index in [1.807, 2.05) is 0 Å². The van der Waals surface area contributed by atoms with E-state index >= 15 is 0 Å². The third-order valence-corrected chi connectivity index (χ3v) is 8.60.